The normalized spacial score (nSPS) is 13.0. The number of amides is 1. The van der Waals surface area contributed by atoms with Crippen molar-refractivity contribution in [2.45, 2.75) is 12.8 Å². The van der Waals surface area contributed by atoms with Gasteiger partial charge in [-0.1, -0.05) is 0 Å². The van der Waals surface area contributed by atoms with Crippen molar-refractivity contribution in [3.8, 4) is 0 Å². The maximum absolute atomic E-state index is 11.9. The van der Waals surface area contributed by atoms with Crippen LogP contribution in [0.25, 0.3) is 6.08 Å². The van der Waals surface area contributed by atoms with Gasteiger partial charge in [0.05, 0.1) is 10.7 Å². The first-order chi connectivity index (χ1) is 10.2. The van der Waals surface area contributed by atoms with Crippen LogP contribution in [0.2, 0.25) is 0 Å². The number of rotatable bonds is 4. The van der Waals surface area contributed by atoms with Crippen LogP contribution in [0.15, 0.2) is 30.6 Å². The van der Waals surface area contributed by atoms with Crippen LogP contribution in [0.1, 0.15) is 25.9 Å². The zero-order chi connectivity index (χ0) is 14.7. The molecule has 0 spiro atoms. The zero-order valence-corrected chi connectivity index (χ0v) is 12.0. The maximum Gasteiger partial charge on any atom is 0.251 e. The third-order valence-electron chi connectivity index (χ3n) is 3.10. The molecule has 1 amide bonds. The molecular weight excluding hydrogens is 286 g/mol. The van der Waals surface area contributed by atoms with Gasteiger partial charge >= 0.3 is 0 Å². The monoisotopic (exact) mass is 299 g/mol. The number of carbonyl (C=O) groups is 2. The van der Waals surface area contributed by atoms with Crippen LogP contribution in [0.4, 0.5) is 0 Å². The van der Waals surface area contributed by atoms with Crippen molar-refractivity contribution < 1.29 is 9.59 Å². The smallest absolute Gasteiger partial charge is 0.251 e. The topological polar surface area (TPSA) is 72.0 Å². The van der Waals surface area contributed by atoms with E-state index in [1.807, 2.05) is 0 Å². The van der Waals surface area contributed by atoms with E-state index in [1.54, 1.807) is 48.0 Å². The van der Waals surface area contributed by atoms with E-state index >= 15 is 0 Å². The lowest BCUT2D eigenvalue weighted by molar-refractivity contribution is -0.114. The van der Waals surface area contributed by atoms with Gasteiger partial charge in [0.2, 0.25) is 0 Å². The van der Waals surface area contributed by atoms with Crippen LogP contribution in [0.5, 0.6) is 0 Å². The summed E-state index contributed by atoms with van der Waals surface area (Å²) >= 11 is 1.54. The quantitative estimate of drug-likeness (QED) is 0.931. The Morgan fingerprint density at radius 1 is 1.29 bits per heavy atom. The number of hydrogen-bond acceptors (Lipinski definition) is 5. The molecule has 5 nitrogen and oxygen atoms in total. The summed E-state index contributed by atoms with van der Waals surface area (Å²) in [6.45, 7) is 0.519. The van der Waals surface area contributed by atoms with Gasteiger partial charge < -0.3 is 5.32 Å². The molecule has 0 fully saturated rings. The molecule has 106 valence electrons. The Labute approximate surface area is 125 Å². The highest BCUT2D eigenvalue weighted by Gasteiger charge is 2.15. The van der Waals surface area contributed by atoms with Crippen molar-refractivity contribution in [3.63, 3.8) is 0 Å². The van der Waals surface area contributed by atoms with Gasteiger partial charge in [-0.05, 0) is 24.3 Å². The minimum Gasteiger partial charge on any atom is -0.352 e. The summed E-state index contributed by atoms with van der Waals surface area (Å²) in [7, 11) is 0. The Morgan fingerprint density at radius 2 is 2.10 bits per heavy atom. The average molecular weight is 299 g/mol. The van der Waals surface area contributed by atoms with Gasteiger partial charge in [0.25, 0.3) is 5.91 Å². The maximum atomic E-state index is 11.9. The number of nitrogens with one attached hydrogen (secondary N) is 1. The molecule has 2 aromatic heterocycles. The lowest BCUT2D eigenvalue weighted by Gasteiger charge is -2.03. The first kappa shape index (κ1) is 13.6. The summed E-state index contributed by atoms with van der Waals surface area (Å²) in [6.07, 6.45) is 7.61. The summed E-state index contributed by atoms with van der Waals surface area (Å²) in [4.78, 5) is 32.5. The Hall–Kier alpha value is -2.34. The number of carbonyl (C=O) groups excluding carboxylic acids is 2. The molecule has 2 heterocycles. The number of thiazole rings is 1. The predicted molar refractivity (Wildman–Crippen MR) is 80.1 cm³/mol. The zero-order valence-electron chi connectivity index (χ0n) is 11.2. The Balaban J connectivity index is 1.56. The number of hydrogen-bond donors (Lipinski definition) is 1. The molecule has 0 aromatic carbocycles. The number of allylic oxidation sites excluding steroid dienone is 1. The van der Waals surface area contributed by atoms with Crippen molar-refractivity contribution in [2.75, 3.05) is 6.54 Å². The van der Waals surface area contributed by atoms with Crippen LogP contribution < -0.4 is 5.32 Å². The minimum absolute atomic E-state index is 0.115. The molecule has 0 radical (unpaired) electrons. The van der Waals surface area contributed by atoms with E-state index in [4.69, 9.17) is 0 Å². The highest BCUT2D eigenvalue weighted by molar-refractivity contribution is 7.12. The Morgan fingerprint density at radius 3 is 2.90 bits per heavy atom. The van der Waals surface area contributed by atoms with Crippen molar-refractivity contribution in [2.24, 2.45) is 0 Å². The molecule has 0 saturated heterocycles. The molecule has 0 bridgehead atoms. The predicted octanol–water partition coefficient (Wildman–Crippen LogP) is 1.65. The van der Waals surface area contributed by atoms with Crippen LogP contribution in [-0.4, -0.2) is 28.2 Å². The van der Waals surface area contributed by atoms with Crippen molar-refractivity contribution >= 4 is 29.1 Å². The van der Waals surface area contributed by atoms with Gasteiger partial charge in [-0.3, -0.25) is 14.6 Å². The fourth-order valence-corrected chi connectivity index (χ4v) is 3.12. The van der Waals surface area contributed by atoms with E-state index in [0.717, 1.165) is 15.6 Å². The van der Waals surface area contributed by atoms with Crippen LogP contribution >= 0.6 is 11.3 Å². The third kappa shape index (κ3) is 3.22. The standard InChI is InChI=1S/C15H13N3O2S/c19-11-1-2-12-13(9-11)21-14(18-12)5-8-17-15(20)10-3-6-16-7-4-10/h1-4,6-7H,5,8-9H2,(H,17,20). The Kier molecular flexibility index (Phi) is 3.87. The number of fused-ring (bicyclic) bond motifs is 1. The molecule has 0 atom stereocenters. The van der Waals surface area contributed by atoms with E-state index in [9.17, 15) is 9.59 Å². The molecule has 1 aliphatic carbocycles. The first-order valence-corrected chi connectivity index (χ1v) is 7.42. The molecule has 1 aliphatic rings. The number of ketones is 1. The molecule has 3 rings (SSSR count). The van der Waals surface area contributed by atoms with Crippen molar-refractivity contribution in [1.29, 1.82) is 0 Å². The minimum atomic E-state index is -0.117. The van der Waals surface area contributed by atoms with E-state index in [0.29, 0.717) is 24.9 Å². The highest BCUT2D eigenvalue weighted by Crippen LogP contribution is 2.24. The van der Waals surface area contributed by atoms with Crippen molar-refractivity contribution in [1.82, 2.24) is 15.3 Å². The number of aromatic nitrogens is 2. The van der Waals surface area contributed by atoms with Gasteiger partial charge in [-0.2, -0.15) is 0 Å². The SMILES string of the molecule is O=C1C=Cc2nc(CCNC(=O)c3ccncc3)sc2C1. The summed E-state index contributed by atoms with van der Waals surface area (Å²) in [5.41, 5.74) is 1.48. The molecule has 0 unspecified atom stereocenters. The summed E-state index contributed by atoms with van der Waals surface area (Å²) in [5.74, 6) is -0.00233. The number of nitrogens with zero attached hydrogens (tertiary/aromatic N) is 2. The molecule has 6 heteroatoms. The molecule has 0 aliphatic heterocycles. The molecule has 1 N–H and O–H groups in total. The number of pyridine rings is 1. The Bertz CT molecular complexity index is 707. The second-order valence-corrected chi connectivity index (χ2v) is 5.80. The van der Waals surface area contributed by atoms with Crippen LogP contribution in [0, 0.1) is 0 Å². The van der Waals surface area contributed by atoms with Crippen LogP contribution in [0.3, 0.4) is 0 Å². The van der Waals surface area contributed by atoms with Crippen molar-refractivity contribution in [3.05, 3.63) is 51.7 Å². The van der Waals surface area contributed by atoms with E-state index < -0.39 is 0 Å². The first-order valence-electron chi connectivity index (χ1n) is 6.60. The fraction of sp³-hybridized carbons (Fsp3) is 0.200. The van der Waals surface area contributed by atoms with Crippen LogP contribution in [-0.2, 0) is 17.6 Å². The second kappa shape index (κ2) is 5.97. The van der Waals surface area contributed by atoms with Gasteiger partial charge in [0.1, 0.15) is 0 Å². The summed E-state index contributed by atoms with van der Waals surface area (Å²) in [6, 6.07) is 3.35. The van der Waals surface area contributed by atoms with Gasteiger partial charge in [-0.15, -0.1) is 11.3 Å². The largest absolute Gasteiger partial charge is 0.352 e. The average Bonchev–Trinajstić information content (AvgIpc) is 2.89. The van der Waals surface area contributed by atoms with E-state index in [1.165, 1.54) is 0 Å². The van der Waals surface area contributed by atoms with Gasteiger partial charge in [0.15, 0.2) is 5.78 Å². The fourth-order valence-electron chi connectivity index (χ4n) is 2.06. The lowest BCUT2D eigenvalue weighted by Crippen LogP contribution is -2.25. The molecule has 0 saturated carbocycles. The summed E-state index contributed by atoms with van der Waals surface area (Å²) in [5, 5.41) is 3.79. The van der Waals surface area contributed by atoms with Gasteiger partial charge in [0, 0.05) is 42.2 Å². The van der Waals surface area contributed by atoms with Gasteiger partial charge in [-0.25, -0.2) is 4.98 Å². The third-order valence-corrected chi connectivity index (χ3v) is 4.23. The molecule has 21 heavy (non-hydrogen) atoms. The second-order valence-electron chi connectivity index (χ2n) is 4.63. The highest BCUT2D eigenvalue weighted by atomic mass is 32.1. The summed E-state index contributed by atoms with van der Waals surface area (Å²) < 4.78 is 0. The molecular formula is C15H13N3O2S. The van der Waals surface area contributed by atoms with E-state index in [-0.39, 0.29) is 11.7 Å². The van der Waals surface area contributed by atoms with E-state index in [2.05, 4.69) is 15.3 Å². The lowest BCUT2D eigenvalue weighted by atomic mass is 10.1. The molecule has 2 aromatic rings.